The Morgan fingerprint density at radius 2 is 2.14 bits per heavy atom. The molecule has 2 rings (SSSR count). The fourth-order valence-electron chi connectivity index (χ4n) is 2.87. The third-order valence-electron chi connectivity index (χ3n) is 4.21. The quantitative estimate of drug-likeness (QED) is 0.694. The Morgan fingerprint density at radius 3 is 2.82 bits per heavy atom. The van der Waals surface area contributed by atoms with E-state index in [0.29, 0.717) is 11.4 Å². The highest BCUT2D eigenvalue weighted by molar-refractivity contribution is 9.10. The first-order chi connectivity index (χ1) is 10.5. The molecule has 1 aliphatic rings. The van der Waals surface area contributed by atoms with E-state index in [-0.39, 0.29) is 0 Å². The van der Waals surface area contributed by atoms with Gasteiger partial charge in [-0.1, -0.05) is 28.4 Å². The first kappa shape index (κ1) is 17.9. The van der Waals surface area contributed by atoms with Gasteiger partial charge in [0.1, 0.15) is 0 Å². The molecule has 1 aromatic rings. The summed E-state index contributed by atoms with van der Waals surface area (Å²) in [4.78, 5) is 2.85. The molecule has 6 heteroatoms. The Kier molecular flexibility index (Phi) is 6.87. The summed E-state index contributed by atoms with van der Waals surface area (Å²) in [6.07, 6.45) is 5.71. The molecule has 0 bridgehead atoms. The number of benzene rings is 1. The molecule has 1 unspecified atom stereocenters. The number of likely N-dealkylation sites (tertiary alicyclic amines) is 1. The van der Waals surface area contributed by atoms with Crippen LogP contribution in [0.25, 0.3) is 0 Å². The maximum Gasteiger partial charge on any atom is 0.240 e. The Balaban J connectivity index is 1.65. The average Bonchev–Trinajstić information content (AvgIpc) is 2.88. The van der Waals surface area contributed by atoms with Gasteiger partial charge in [0.05, 0.1) is 4.90 Å². The molecule has 0 radical (unpaired) electrons. The number of nitrogens with one attached hydrogen (secondary N) is 1. The average molecular weight is 389 g/mol. The normalized spacial score (nSPS) is 19.6. The molecule has 1 atom stereocenters. The van der Waals surface area contributed by atoms with Crippen molar-refractivity contribution >= 4 is 26.0 Å². The van der Waals surface area contributed by atoms with Crippen molar-refractivity contribution < 1.29 is 8.42 Å². The summed E-state index contributed by atoms with van der Waals surface area (Å²) in [7, 11) is -3.38. The Labute approximate surface area is 142 Å². The summed E-state index contributed by atoms with van der Waals surface area (Å²) in [6.45, 7) is 5.15. The van der Waals surface area contributed by atoms with Crippen molar-refractivity contribution in [2.45, 2.75) is 50.0 Å². The molecular formula is C16H25BrN2O2S. The molecular weight excluding hydrogens is 364 g/mol. The van der Waals surface area contributed by atoms with E-state index in [1.165, 1.54) is 19.4 Å². The van der Waals surface area contributed by atoms with Crippen molar-refractivity contribution in [2.24, 2.45) is 0 Å². The summed E-state index contributed by atoms with van der Waals surface area (Å²) >= 11 is 3.30. The second-order valence-corrected chi connectivity index (χ2v) is 8.63. The second-order valence-electron chi connectivity index (χ2n) is 5.94. The third kappa shape index (κ3) is 5.33. The van der Waals surface area contributed by atoms with Gasteiger partial charge in [0.2, 0.25) is 10.0 Å². The monoisotopic (exact) mass is 388 g/mol. The first-order valence-corrected chi connectivity index (χ1v) is 10.3. The number of sulfonamides is 1. The van der Waals surface area contributed by atoms with E-state index in [4.69, 9.17) is 0 Å². The minimum atomic E-state index is -3.38. The van der Waals surface area contributed by atoms with Crippen molar-refractivity contribution in [2.75, 3.05) is 19.6 Å². The number of nitrogens with zero attached hydrogens (tertiary/aromatic N) is 1. The van der Waals surface area contributed by atoms with E-state index in [2.05, 4.69) is 32.5 Å². The molecule has 1 fully saturated rings. The van der Waals surface area contributed by atoms with Crippen LogP contribution < -0.4 is 4.72 Å². The number of rotatable bonds is 8. The Bertz CT molecular complexity index is 577. The van der Waals surface area contributed by atoms with Gasteiger partial charge in [0.15, 0.2) is 0 Å². The highest BCUT2D eigenvalue weighted by Crippen LogP contribution is 2.17. The lowest BCUT2D eigenvalue weighted by Crippen LogP contribution is -2.28. The van der Waals surface area contributed by atoms with E-state index in [1.807, 2.05) is 6.07 Å². The van der Waals surface area contributed by atoms with Crippen LogP contribution in [0, 0.1) is 0 Å². The van der Waals surface area contributed by atoms with Crippen molar-refractivity contribution in [3.8, 4) is 0 Å². The molecule has 0 amide bonds. The summed E-state index contributed by atoms with van der Waals surface area (Å²) in [6, 6.07) is 7.50. The Morgan fingerprint density at radius 1 is 1.32 bits per heavy atom. The molecule has 22 heavy (non-hydrogen) atoms. The van der Waals surface area contributed by atoms with Crippen LogP contribution in [-0.2, 0) is 10.0 Å². The zero-order valence-electron chi connectivity index (χ0n) is 13.1. The SMILES string of the molecule is CC1CCCN1CCCCCNS(=O)(=O)c1cccc(Br)c1. The highest BCUT2D eigenvalue weighted by atomic mass is 79.9. The molecule has 0 saturated carbocycles. The molecule has 1 saturated heterocycles. The lowest BCUT2D eigenvalue weighted by molar-refractivity contribution is 0.262. The maximum atomic E-state index is 12.1. The number of hydrogen-bond acceptors (Lipinski definition) is 3. The standard InChI is InChI=1S/C16H25BrN2O2S/c1-14-7-6-12-19(14)11-4-2-3-10-18-22(20,21)16-9-5-8-15(17)13-16/h5,8-9,13-14,18H,2-4,6-7,10-12H2,1H3. The van der Waals surface area contributed by atoms with Crippen LogP contribution in [0.2, 0.25) is 0 Å². The summed E-state index contributed by atoms with van der Waals surface area (Å²) in [5.41, 5.74) is 0. The van der Waals surface area contributed by atoms with E-state index < -0.39 is 10.0 Å². The van der Waals surface area contributed by atoms with Crippen LogP contribution in [0.5, 0.6) is 0 Å². The number of hydrogen-bond donors (Lipinski definition) is 1. The highest BCUT2D eigenvalue weighted by Gasteiger charge is 2.19. The van der Waals surface area contributed by atoms with Gasteiger partial charge in [-0.15, -0.1) is 0 Å². The van der Waals surface area contributed by atoms with E-state index in [9.17, 15) is 8.42 Å². The molecule has 0 aromatic heterocycles. The lowest BCUT2D eigenvalue weighted by atomic mass is 10.2. The van der Waals surface area contributed by atoms with Gasteiger partial charge < -0.3 is 4.90 Å². The van der Waals surface area contributed by atoms with Crippen LogP contribution in [0.1, 0.15) is 39.0 Å². The van der Waals surface area contributed by atoms with Crippen molar-refractivity contribution in [3.63, 3.8) is 0 Å². The van der Waals surface area contributed by atoms with Gasteiger partial charge in [-0.25, -0.2) is 13.1 Å². The van der Waals surface area contributed by atoms with Crippen molar-refractivity contribution in [1.29, 1.82) is 0 Å². The minimum Gasteiger partial charge on any atom is -0.301 e. The minimum absolute atomic E-state index is 0.313. The maximum absolute atomic E-state index is 12.1. The van der Waals surface area contributed by atoms with E-state index in [0.717, 1.165) is 36.3 Å². The van der Waals surface area contributed by atoms with Crippen LogP contribution in [0.4, 0.5) is 0 Å². The molecule has 1 aromatic carbocycles. The molecule has 0 aliphatic carbocycles. The first-order valence-electron chi connectivity index (χ1n) is 7.98. The van der Waals surface area contributed by atoms with Crippen molar-refractivity contribution in [1.82, 2.24) is 9.62 Å². The third-order valence-corrected chi connectivity index (χ3v) is 6.16. The zero-order valence-corrected chi connectivity index (χ0v) is 15.5. The molecule has 1 N–H and O–H groups in total. The fraction of sp³-hybridized carbons (Fsp3) is 0.625. The molecule has 124 valence electrons. The summed E-state index contributed by atoms with van der Waals surface area (Å²) < 4.78 is 27.7. The topological polar surface area (TPSA) is 49.4 Å². The van der Waals surface area contributed by atoms with Gasteiger partial charge >= 0.3 is 0 Å². The van der Waals surface area contributed by atoms with Crippen molar-refractivity contribution in [3.05, 3.63) is 28.7 Å². The predicted octanol–water partition coefficient (Wildman–Crippen LogP) is 3.38. The molecule has 1 heterocycles. The predicted molar refractivity (Wildman–Crippen MR) is 93.5 cm³/mol. The largest absolute Gasteiger partial charge is 0.301 e. The van der Waals surface area contributed by atoms with E-state index >= 15 is 0 Å². The van der Waals surface area contributed by atoms with Crippen LogP contribution in [-0.4, -0.2) is 39.0 Å². The summed E-state index contributed by atoms with van der Waals surface area (Å²) in [5.74, 6) is 0. The smallest absolute Gasteiger partial charge is 0.240 e. The molecule has 4 nitrogen and oxygen atoms in total. The van der Waals surface area contributed by atoms with Gasteiger partial charge in [0.25, 0.3) is 0 Å². The number of halogens is 1. The van der Waals surface area contributed by atoms with Gasteiger partial charge in [0, 0.05) is 17.1 Å². The van der Waals surface area contributed by atoms with Gasteiger partial charge in [-0.3, -0.25) is 0 Å². The molecule has 1 aliphatic heterocycles. The summed E-state index contributed by atoms with van der Waals surface area (Å²) in [5, 5.41) is 0. The van der Waals surface area contributed by atoms with Gasteiger partial charge in [-0.2, -0.15) is 0 Å². The molecule has 0 spiro atoms. The second kappa shape index (κ2) is 8.43. The van der Waals surface area contributed by atoms with Gasteiger partial charge in [-0.05, 0) is 63.9 Å². The van der Waals surface area contributed by atoms with Crippen LogP contribution >= 0.6 is 15.9 Å². The van der Waals surface area contributed by atoms with E-state index in [1.54, 1.807) is 18.2 Å². The number of unbranched alkanes of at least 4 members (excludes halogenated alkanes) is 2. The fourth-order valence-corrected chi connectivity index (χ4v) is 4.54. The van der Waals surface area contributed by atoms with Crippen LogP contribution in [0.15, 0.2) is 33.6 Å². The Hall–Kier alpha value is -0.430. The van der Waals surface area contributed by atoms with Crippen LogP contribution in [0.3, 0.4) is 0 Å². The zero-order chi connectivity index (χ0) is 16.0. The lowest BCUT2D eigenvalue weighted by Gasteiger charge is -2.20.